The molecule has 0 saturated heterocycles. The Morgan fingerprint density at radius 1 is 1.64 bits per heavy atom. The summed E-state index contributed by atoms with van der Waals surface area (Å²) in [7, 11) is 1.70. The third-order valence-electron chi connectivity index (χ3n) is 2.74. The fourth-order valence-electron chi connectivity index (χ4n) is 2.17. The van der Waals surface area contributed by atoms with Crippen molar-refractivity contribution in [1.82, 2.24) is 0 Å². The summed E-state index contributed by atoms with van der Waals surface area (Å²) in [4.78, 5) is 11.2. The molecule has 0 unspecified atom stereocenters. The van der Waals surface area contributed by atoms with E-state index in [4.69, 9.17) is 4.74 Å². The predicted octanol–water partition coefficient (Wildman–Crippen LogP) is 1.02. The Morgan fingerprint density at radius 3 is 2.91 bits per heavy atom. The van der Waals surface area contributed by atoms with E-state index in [9.17, 15) is 4.79 Å². The number of ether oxygens (including phenoxy) is 1. The van der Waals surface area contributed by atoms with Crippen LogP contribution in [0.4, 0.5) is 0 Å². The van der Waals surface area contributed by atoms with Crippen LogP contribution < -0.4 is 0 Å². The molecule has 0 amide bonds. The number of rotatable bonds is 2. The van der Waals surface area contributed by atoms with E-state index in [0.717, 1.165) is 13.0 Å². The van der Waals surface area contributed by atoms with Crippen molar-refractivity contribution in [3.05, 3.63) is 12.2 Å². The van der Waals surface area contributed by atoms with Crippen molar-refractivity contribution in [3.63, 3.8) is 0 Å². The van der Waals surface area contributed by atoms with Crippen LogP contribution in [-0.2, 0) is 9.53 Å². The Morgan fingerprint density at radius 2 is 2.45 bits per heavy atom. The first-order chi connectivity index (χ1) is 5.33. The maximum absolute atomic E-state index is 11.2. The quantitative estimate of drug-likeness (QED) is 0.552. The first-order valence-electron chi connectivity index (χ1n) is 4.03. The highest BCUT2D eigenvalue weighted by atomic mass is 16.5. The molecule has 0 N–H and O–H groups in total. The van der Waals surface area contributed by atoms with Crippen molar-refractivity contribution in [2.45, 2.75) is 6.42 Å². The molecular weight excluding hydrogens is 140 g/mol. The molecule has 1 fully saturated rings. The van der Waals surface area contributed by atoms with Gasteiger partial charge in [-0.2, -0.15) is 0 Å². The van der Waals surface area contributed by atoms with Crippen LogP contribution in [0.2, 0.25) is 0 Å². The summed E-state index contributed by atoms with van der Waals surface area (Å²) < 4.78 is 5.06. The Balaban J connectivity index is 2.11. The van der Waals surface area contributed by atoms with E-state index in [-0.39, 0.29) is 5.92 Å². The van der Waals surface area contributed by atoms with Crippen LogP contribution in [0, 0.1) is 17.8 Å². The van der Waals surface area contributed by atoms with E-state index in [0.29, 0.717) is 17.6 Å². The van der Waals surface area contributed by atoms with Gasteiger partial charge in [0, 0.05) is 25.4 Å². The van der Waals surface area contributed by atoms with Gasteiger partial charge in [-0.1, -0.05) is 12.2 Å². The van der Waals surface area contributed by atoms with E-state index in [1.54, 1.807) is 7.11 Å². The van der Waals surface area contributed by atoms with E-state index in [1.165, 1.54) is 0 Å². The Bertz CT molecular complexity index is 208. The first-order valence-corrected chi connectivity index (χ1v) is 4.03. The number of hydrogen-bond donors (Lipinski definition) is 0. The van der Waals surface area contributed by atoms with Crippen molar-refractivity contribution < 1.29 is 9.53 Å². The molecular formula is C9H12O2. The van der Waals surface area contributed by atoms with Gasteiger partial charge in [0.1, 0.15) is 5.78 Å². The summed E-state index contributed by atoms with van der Waals surface area (Å²) in [6, 6.07) is 0. The third-order valence-corrected chi connectivity index (χ3v) is 2.74. The van der Waals surface area contributed by atoms with E-state index in [2.05, 4.69) is 6.08 Å². The lowest BCUT2D eigenvalue weighted by atomic mass is 9.98. The second-order valence-corrected chi connectivity index (χ2v) is 3.36. The lowest BCUT2D eigenvalue weighted by Gasteiger charge is -2.11. The Kier molecular flexibility index (Phi) is 1.57. The maximum atomic E-state index is 11.2. The molecule has 11 heavy (non-hydrogen) atoms. The number of fused-ring (bicyclic) bond motifs is 2. The molecule has 0 aromatic heterocycles. The minimum atomic E-state index is 0.181. The standard InChI is InChI=1S/C9H12O2/c1-11-5-8-6-2-3-7(8)9(10)4-6/h2-3,6-8H,4-5H2,1H3/t6-,7-,8+/m0/s1. The molecule has 60 valence electrons. The van der Waals surface area contributed by atoms with Gasteiger partial charge < -0.3 is 4.74 Å². The molecule has 2 rings (SSSR count). The molecule has 0 heterocycles. The zero-order chi connectivity index (χ0) is 7.84. The molecule has 3 atom stereocenters. The summed E-state index contributed by atoms with van der Waals surface area (Å²) in [5, 5.41) is 0. The summed E-state index contributed by atoms with van der Waals surface area (Å²) >= 11 is 0. The van der Waals surface area contributed by atoms with E-state index in [1.807, 2.05) is 6.08 Å². The van der Waals surface area contributed by atoms with E-state index >= 15 is 0 Å². The highest BCUT2D eigenvalue weighted by Gasteiger charge is 2.43. The topological polar surface area (TPSA) is 26.3 Å². The van der Waals surface area contributed by atoms with Crippen molar-refractivity contribution in [2.75, 3.05) is 13.7 Å². The van der Waals surface area contributed by atoms with Crippen LogP contribution in [-0.4, -0.2) is 19.5 Å². The van der Waals surface area contributed by atoms with Crippen LogP contribution in [0.1, 0.15) is 6.42 Å². The number of Topliss-reactive ketones (excluding diaryl/α,β-unsaturated/α-hetero) is 1. The number of carbonyl (C=O) groups excluding carboxylic acids is 1. The number of methoxy groups -OCH3 is 1. The zero-order valence-corrected chi connectivity index (χ0v) is 6.62. The average molecular weight is 152 g/mol. The van der Waals surface area contributed by atoms with Crippen LogP contribution >= 0.6 is 0 Å². The number of carbonyl (C=O) groups is 1. The first kappa shape index (κ1) is 7.04. The molecule has 0 radical (unpaired) electrons. The Hall–Kier alpha value is -0.630. The summed E-state index contributed by atoms with van der Waals surface area (Å²) in [5.74, 6) is 1.51. The highest BCUT2D eigenvalue weighted by Crippen LogP contribution is 2.41. The fourth-order valence-corrected chi connectivity index (χ4v) is 2.17. The third kappa shape index (κ3) is 0.932. The van der Waals surface area contributed by atoms with Crippen LogP contribution in [0.5, 0.6) is 0 Å². The second-order valence-electron chi connectivity index (χ2n) is 3.36. The molecule has 2 heteroatoms. The molecule has 0 spiro atoms. The van der Waals surface area contributed by atoms with Crippen molar-refractivity contribution >= 4 is 5.78 Å². The molecule has 2 aliphatic carbocycles. The largest absolute Gasteiger partial charge is 0.384 e. The number of allylic oxidation sites excluding steroid dienone is 2. The summed E-state index contributed by atoms with van der Waals surface area (Å²) in [5.41, 5.74) is 0. The van der Waals surface area contributed by atoms with Crippen LogP contribution in [0.25, 0.3) is 0 Å². The molecule has 2 bridgehead atoms. The van der Waals surface area contributed by atoms with Gasteiger partial charge in [0.25, 0.3) is 0 Å². The smallest absolute Gasteiger partial charge is 0.140 e. The van der Waals surface area contributed by atoms with Crippen LogP contribution in [0.3, 0.4) is 0 Å². The number of ketones is 1. The van der Waals surface area contributed by atoms with Crippen molar-refractivity contribution in [1.29, 1.82) is 0 Å². The second kappa shape index (κ2) is 2.45. The predicted molar refractivity (Wildman–Crippen MR) is 41.1 cm³/mol. The SMILES string of the molecule is COC[C@H]1[C@@H]2C=C[C@H]1CC2=O. The molecule has 2 aliphatic rings. The van der Waals surface area contributed by atoms with Gasteiger partial charge in [-0.05, 0) is 5.92 Å². The number of hydrogen-bond acceptors (Lipinski definition) is 2. The van der Waals surface area contributed by atoms with Gasteiger partial charge in [0.15, 0.2) is 0 Å². The summed E-state index contributed by atoms with van der Waals surface area (Å²) in [6.45, 7) is 0.730. The lowest BCUT2D eigenvalue weighted by Crippen LogP contribution is -2.15. The minimum absolute atomic E-state index is 0.181. The van der Waals surface area contributed by atoms with Gasteiger partial charge in [0.05, 0.1) is 6.61 Å². The van der Waals surface area contributed by atoms with Crippen molar-refractivity contribution in [2.24, 2.45) is 17.8 Å². The van der Waals surface area contributed by atoms with Gasteiger partial charge in [-0.15, -0.1) is 0 Å². The molecule has 2 nitrogen and oxygen atoms in total. The maximum Gasteiger partial charge on any atom is 0.140 e. The average Bonchev–Trinajstić information content (AvgIpc) is 2.46. The Labute approximate surface area is 66.2 Å². The molecule has 1 saturated carbocycles. The monoisotopic (exact) mass is 152 g/mol. The molecule has 0 aromatic rings. The molecule has 0 aromatic carbocycles. The highest BCUT2D eigenvalue weighted by molar-refractivity contribution is 5.87. The molecule has 0 aliphatic heterocycles. The summed E-state index contributed by atoms with van der Waals surface area (Å²) in [6.07, 6.45) is 4.95. The van der Waals surface area contributed by atoms with Gasteiger partial charge in [0.2, 0.25) is 0 Å². The normalized spacial score (nSPS) is 40.5. The van der Waals surface area contributed by atoms with Crippen molar-refractivity contribution in [3.8, 4) is 0 Å². The van der Waals surface area contributed by atoms with Gasteiger partial charge >= 0.3 is 0 Å². The zero-order valence-electron chi connectivity index (χ0n) is 6.62. The van der Waals surface area contributed by atoms with Gasteiger partial charge in [-0.25, -0.2) is 0 Å². The van der Waals surface area contributed by atoms with Gasteiger partial charge in [-0.3, -0.25) is 4.79 Å². The minimum Gasteiger partial charge on any atom is -0.384 e. The van der Waals surface area contributed by atoms with Crippen LogP contribution in [0.15, 0.2) is 12.2 Å². The lowest BCUT2D eigenvalue weighted by molar-refractivity contribution is -0.120. The van der Waals surface area contributed by atoms with E-state index < -0.39 is 0 Å². The fraction of sp³-hybridized carbons (Fsp3) is 0.667.